The SMILES string of the molecule is CCCNCC(CCC)CCOCC(C)C. The first-order chi connectivity index (χ1) is 7.70. The first kappa shape index (κ1) is 15.9. The Morgan fingerprint density at radius 2 is 1.81 bits per heavy atom. The zero-order valence-electron chi connectivity index (χ0n) is 11.7. The monoisotopic (exact) mass is 229 g/mol. The van der Waals surface area contributed by atoms with Gasteiger partial charge in [0.2, 0.25) is 0 Å². The van der Waals surface area contributed by atoms with E-state index in [2.05, 4.69) is 33.0 Å². The van der Waals surface area contributed by atoms with Crippen LogP contribution >= 0.6 is 0 Å². The first-order valence-corrected chi connectivity index (χ1v) is 6.99. The quantitative estimate of drug-likeness (QED) is 0.548. The minimum Gasteiger partial charge on any atom is -0.381 e. The molecule has 98 valence electrons. The third kappa shape index (κ3) is 10.4. The zero-order valence-corrected chi connectivity index (χ0v) is 11.7. The lowest BCUT2D eigenvalue weighted by atomic mass is 10.0. The van der Waals surface area contributed by atoms with Gasteiger partial charge in [0.15, 0.2) is 0 Å². The van der Waals surface area contributed by atoms with Crippen molar-refractivity contribution in [2.24, 2.45) is 11.8 Å². The van der Waals surface area contributed by atoms with Gasteiger partial charge in [0.25, 0.3) is 0 Å². The Morgan fingerprint density at radius 3 is 2.38 bits per heavy atom. The van der Waals surface area contributed by atoms with Crippen molar-refractivity contribution in [3.63, 3.8) is 0 Å². The van der Waals surface area contributed by atoms with E-state index >= 15 is 0 Å². The second-order valence-corrected chi connectivity index (χ2v) is 5.12. The van der Waals surface area contributed by atoms with E-state index in [1.165, 1.54) is 25.7 Å². The Hall–Kier alpha value is -0.0800. The molecule has 0 spiro atoms. The summed E-state index contributed by atoms with van der Waals surface area (Å²) in [7, 11) is 0. The molecule has 0 heterocycles. The molecule has 0 radical (unpaired) electrons. The van der Waals surface area contributed by atoms with Crippen molar-refractivity contribution in [2.75, 3.05) is 26.3 Å². The molecule has 0 rings (SSSR count). The first-order valence-electron chi connectivity index (χ1n) is 6.99. The van der Waals surface area contributed by atoms with E-state index in [1.807, 2.05) is 0 Å². The van der Waals surface area contributed by atoms with E-state index in [-0.39, 0.29) is 0 Å². The molecule has 1 N–H and O–H groups in total. The molecule has 0 fully saturated rings. The summed E-state index contributed by atoms with van der Waals surface area (Å²) in [5.74, 6) is 1.45. The summed E-state index contributed by atoms with van der Waals surface area (Å²) in [5, 5.41) is 3.51. The van der Waals surface area contributed by atoms with Gasteiger partial charge in [-0.3, -0.25) is 0 Å². The van der Waals surface area contributed by atoms with Crippen LogP contribution in [-0.4, -0.2) is 26.3 Å². The van der Waals surface area contributed by atoms with E-state index in [4.69, 9.17) is 4.74 Å². The van der Waals surface area contributed by atoms with Crippen molar-refractivity contribution in [3.05, 3.63) is 0 Å². The van der Waals surface area contributed by atoms with Crippen LogP contribution in [0.4, 0.5) is 0 Å². The molecule has 0 saturated carbocycles. The van der Waals surface area contributed by atoms with Crippen LogP contribution in [0.3, 0.4) is 0 Å². The average Bonchev–Trinajstić information content (AvgIpc) is 2.24. The number of nitrogens with one attached hydrogen (secondary N) is 1. The second kappa shape index (κ2) is 11.4. The van der Waals surface area contributed by atoms with Gasteiger partial charge in [-0.15, -0.1) is 0 Å². The van der Waals surface area contributed by atoms with Crippen LogP contribution in [0.25, 0.3) is 0 Å². The molecule has 0 saturated heterocycles. The lowest BCUT2D eigenvalue weighted by Crippen LogP contribution is -2.24. The topological polar surface area (TPSA) is 21.3 Å². The molecule has 0 bridgehead atoms. The lowest BCUT2D eigenvalue weighted by Gasteiger charge is -2.17. The van der Waals surface area contributed by atoms with Gasteiger partial charge in [-0.25, -0.2) is 0 Å². The van der Waals surface area contributed by atoms with Crippen LogP contribution in [0.1, 0.15) is 53.4 Å². The third-order valence-corrected chi connectivity index (χ3v) is 2.68. The largest absolute Gasteiger partial charge is 0.381 e. The standard InChI is InChI=1S/C14H31NO/c1-5-7-14(11-15-9-6-2)8-10-16-12-13(3)4/h13-15H,5-12H2,1-4H3. The van der Waals surface area contributed by atoms with Gasteiger partial charge in [0, 0.05) is 13.2 Å². The van der Waals surface area contributed by atoms with Crippen molar-refractivity contribution in [3.8, 4) is 0 Å². The number of hydrogen-bond donors (Lipinski definition) is 1. The lowest BCUT2D eigenvalue weighted by molar-refractivity contribution is 0.0966. The summed E-state index contributed by atoms with van der Waals surface area (Å²) in [6.07, 6.45) is 5.03. The van der Waals surface area contributed by atoms with Crippen LogP contribution in [0, 0.1) is 11.8 Å². The highest BCUT2D eigenvalue weighted by Crippen LogP contribution is 2.10. The van der Waals surface area contributed by atoms with Crippen molar-refractivity contribution in [1.82, 2.24) is 5.32 Å². The van der Waals surface area contributed by atoms with Crippen LogP contribution in [0.15, 0.2) is 0 Å². The summed E-state index contributed by atoms with van der Waals surface area (Å²) in [5.41, 5.74) is 0. The summed E-state index contributed by atoms with van der Waals surface area (Å²) in [6.45, 7) is 13.0. The van der Waals surface area contributed by atoms with E-state index in [0.29, 0.717) is 5.92 Å². The number of ether oxygens (including phenoxy) is 1. The van der Waals surface area contributed by atoms with Gasteiger partial charge < -0.3 is 10.1 Å². The van der Waals surface area contributed by atoms with Crippen LogP contribution < -0.4 is 5.32 Å². The fourth-order valence-electron chi connectivity index (χ4n) is 1.81. The summed E-state index contributed by atoms with van der Waals surface area (Å²) >= 11 is 0. The van der Waals surface area contributed by atoms with Crippen LogP contribution in [0.5, 0.6) is 0 Å². The molecule has 0 aromatic heterocycles. The maximum atomic E-state index is 5.65. The van der Waals surface area contributed by atoms with Gasteiger partial charge in [0.1, 0.15) is 0 Å². The molecule has 2 nitrogen and oxygen atoms in total. The fourth-order valence-corrected chi connectivity index (χ4v) is 1.81. The van der Waals surface area contributed by atoms with E-state index in [1.54, 1.807) is 0 Å². The van der Waals surface area contributed by atoms with Crippen LogP contribution in [0.2, 0.25) is 0 Å². The third-order valence-electron chi connectivity index (χ3n) is 2.68. The van der Waals surface area contributed by atoms with Gasteiger partial charge in [0.05, 0.1) is 0 Å². The van der Waals surface area contributed by atoms with Crippen LogP contribution in [-0.2, 0) is 4.74 Å². The predicted molar refractivity (Wildman–Crippen MR) is 71.8 cm³/mol. The molecule has 0 aliphatic heterocycles. The van der Waals surface area contributed by atoms with E-state index in [0.717, 1.165) is 32.2 Å². The molecular weight excluding hydrogens is 198 g/mol. The normalized spacial score (nSPS) is 13.3. The molecule has 0 aromatic rings. The molecule has 2 heteroatoms. The average molecular weight is 229 g/mol. The Kier molecular flexibility index (Phi) is 11.3. The Bertz CT molecular complexity index is 137. The smallest absolute Gasteiger partial charge is 0.0488 e. The minimum absolute atomic E-state index is 0.655. The highest BCUT2D eigenvalue weighted by Gasteiger charge is 2.07. The maximum absolute atomic E-state index is 5.65. The van der Waals surface area contributed by atoms with Gasteiger partial charge in [-0.1, -0.05) is 34.1 Å². The second-order valence-electron chi connectivity index (χ2n) is 5.12. The van der Waals surface area contributed by atoms with Crippen molar-refractivity contribution in [2.45, 2.75) is 53.4 Å². The van der Waals surface area contributed by atoms with Crippen molar-refractivity contribution >= 4 is 0 Å². The molecule has 1 unspecified atom stereocenters. The Balaban J connectivity index is 3.51. The Labute approximate surface area is 102 Å². The molecule has 0 amide bonds. The van der Waals surface area contributed by atoms with Gasteiger partial charge >= 0.3 is 0 Å². The number of rotatable bonds is 11. The summed E-state index contributed by atoms with van der Waals surface area (Å²) < 4.78 is 5.65. The molecule has 0 aliphatic carbocycles. The highest BCUT2D eigenvalue weighted by molar-refractivity contribution is 4.62. The van der Waals surface area contributed by atoms with E-state index in [9.17, 15) is 0 Å². The van der Waals surface area contributed by atoms with Gasteiger partial charge in [-0.05, 0) is 44.2 Å². The molecule has 0 aromatic carbocycles. The summed E-state index contributed by atoms with van der Waals surface area (Å²) in [6, 6.07) is 0. The Morgan fingerprint density at radius 1 is 1.06 bits per heavy atom. The van der Waals surface area contributed by atoms with Crippen molar-refractivity contribution in [1.29, 1.82) is 0 Å². The van der Waals surface area contributed by atoms with Crippen molar-refractivity contribution < 1.29 is 4.74 Å². The molecule has 1 atom stereocenters. The predicted octanol–water partition coefficient (Wildman–Crippen LogP) is 3.47. The maximum Gasteiger partial charge on any atom is 0.0488 e. The fraction of sp³-hybridized carbons (Fsp3) is 1.00. The zero-order chi connectivity index (χ0) is 12.2. The minimum atomic E-state index is 0.655. The summed E-state index contributed by atoms with van der Waals surface area (Å²) in [4.78, 5) is 0. The highest BCUT2D eigenvalue weighted by atomic mass is 16.5. The van der Waals surface area contributed by atoms with E-state index < -0.39 is 0 Å². The van der Waals surface area contributed by atoms with Gasteiger partial charge in [-0.2, -0.15) is 0 Å². The molecular formula is C14H31NO. The number of hydrogen-bond acceptors (Lipinski definition) is 2. The molecule has 0 aliphatic rings. The molecule has 16 heavy (non-hydrogen) atoms.